The molecular weight excluding hydrogens is 435 g/mol. The van der Waals surface area contributed by atoms with Gasteiger partial charge in [0.2, 0.25) is 0 Å². The second-order valence-corrected chi connectivity index (χ2v) is 7.78. The number of hydrogen-bond acceptors (Lipinski definition) is 3. The highest BCUT2D eigenvalue weighted by molar-refractivity contribution is 6.41. The van der Waals surface area contributed by atoms with Gasteiger partial charge in [0.15, 0.2) is 0 Å². The van der Waals surface area contributed by atoms with Crippen LogP contribution in [0.5, 0.6) is 0 Å². The number of pyridine rings is 1. The van der Waals surface area contributed by atoms with Crippen LogP contribution in [0.25, 0.3) is 10.9 Å². The van der Waals surface area contributed by atoms with E-state index in [9.17, 15) is 9.59 Å². The Morgan fingerprint density at radius 2 is 1.76 bits per heavy atom. The summed E-state index contributed by atoms with van der Waals surface area (Å²) in [4.78, 5) is 32.9. The monoisotopic (exact) mass is 448 g/mol. The van der Waals surface area contributed by atoms with Crippen LogP contribution in [0.3, 0.4) is 0 Å². The summed E-state index contributed by atoms with van der Waals surface area (Å²) in [6, 6.07) is 9.78. The number of hydrogen-bond donors (Lipinski definition) is 1. The fourth-order valence-corrected chi connectivity index (χ4v) is 4.12. The van der Waals surface area contributed by atoms with E-state index in [0.29, 0.717) is 40.4 Å². The average Bonchev–Trinajstić information content (AvgIpc) is 3.02. The van der Waals surface area contributed by atoms with Gasteiger partial charge in [0.25, 0.3) is 5.91 Å². The Bertz CT molecular complexity index is 1130. The van der Waals surface area contributed by atoms with E-state index in [0.717, 1.165) is 0 Å². The molecule has 148 valence electrons. The summed E-state index contributed by atoms with van der Waals surface area (Å²) in [5.41, 5.74) is 1.72. The largest absolute Gasteiger partial charge is 0.326 e. The molecule has 29 heavy (non-hydrogen) atoms. The lowest BCUT2D eigenvalue weighted by molar-refractivity contribution is 0.102. The minimum atomic E-state index is -0.464. The SMILES string of the molecule is CN1CCN(c2ccnc3c(NC(=O)c4c(Cl)cccc4Cl)ccc(Cl)c23)C1=O. The minimum Gasteiger partial charge on any atom is -0.326 e. The van der Waals surface area contributed by atoms with Gasteiger partial charge in [-0.2, -0.15) is 0 Å². The van der Waals surface area contributed by atoms with E-state index in [1.807, 2.05) is 0 Å². The van der Waals surface area contributed by atoms with Crippen molar-refractivity contribution < 1.29 is 9.59 Å². The van der Waals surface area contributed by atoms with Crippen molar-refractivity contribution in [1.29, 1.82) is 0 Å². The molecule has 6 nitrogen and oxygen atoms in total. The Morgan fingerprint density at radius 1 is 1.03 bits per heavy atom. The molecule has 0 saturated carbocycles. The summed E-state index contributed by atoms with van der Waals surface area (Å²) in [7, 11) is 1.74. The quantitative estimate of drug-likeness (QED) is 0.588. The molecule has 1 aromatic heterocycles. The lowest BCUT2D eigenvalue weighted by Crippen LogP contribution is -2.29. The third kappa shape index (κ3) is 3.48. The average molecular weight is 450 g/mol. The fourth-order valence-electron chi connectivity index (χ4n) is 3.31. The van der Waals surface area contributed by atoms with Crippen LogP contribution in [-0.4, -0.2) is 42.0 Å². The lowest BCUT2D eigenvalue weighted by Gasteiger charge is -2.19. The number of benzene rings is 2. The van der Waals surface area contributed by atoms with Gasteiger partial charge >= 0.3 is 6.03 Å². The van der Waals surface area contributed by atoms with Crippen LogP contribution < -0.4 is 10.2 Å². The van der Waals surface area contributed by atoms with Crippen molar-refractivity contribution >= 4 is 69.0 Å². The highest BCUT2D eigenvalue weighted by atomic mass is 35.5. The van der Waals surface area contributed by atoms with Gasteiger partial charge in [0, 0.05) is 31.7 Å². The summed E-state index contributed by atoms with van der Waals surface area (Å²) in [5, 5.41) is 4.31. The van der Waals surface area contributed by atoms with Crippen LogP contribution in [0.4, 0.5) is 16.2 Å². The van der Waals surface area contributed by atoms with Crippen LogP contribution in [-0.2, 0) is 0 Å². The highest BCUT2D eigenvalue weighted by Gasteiger charge is 2.29. The summed E-state index contributed by atoms with van der Waals surface area (Å²) >= 11 is 18.7. The molecule has 0 bridgehead atoms. The first-order valence-corrected chi connectivity index (χ1v) is 9.87. The van der Waals surface area contributed by atoms with Crippen LogP contribution in [0.2, 0.25) is 15.1 Å². The maximum absolute atomic E-state index is 12.8. The summed E-state index contributed by atoms with van der Waals surface area (Å²) in [6.45, 7) is 1.15. The number of fused-ring (bicyclic) bond motifs is 1. The molecule has 2 heterocycles. The number of carbonyl (C=O) groups is 2. The molecule has 0 aliphatic carbocycles. The second kappa shape index (κ2) is 7.71. The van der Waals surface area contributed by atoms with Crippen LogP contribution in [0.1, 0.15) is 10.4 Å². The van der Waals surface area contributed by atoms with Crippen molar-refractivity contribution in [2.45, 2.75) is 0 Å². The number of anilines is 2. The number of urea groups is 1. The fraction of sp³-hybridized carbons (Fsp3) is 0.150. The molecule has 9 heteroatoms. The molecule has 0 radical (unpaired) electrons. The van der Waals surface area contributed by atoms with E-state index >= 15 is 0 Å². The van der Waals surface area contributed by atoms with E-state index in [1.165, 1.54) is 0 Å². The number of halogens is 3. The minimum absolute atomic E-state index is 0.120. The third-order valence-corrected chi connectivity index (χ3v) is 5.71. The molecule has 1 aliphatic heterocycles. The number of nitrogens with zero attached hydrogens (tertiary/aromatic N) is 3. The Kier molecular flexibility index (Phi) is 5.25. The lowest BCUT2D eigenvalue weighted by atomic mass is 10.1. The molecule has 1 aliphatic rings. The normalized spacial score (nSPS) is 14.0. The van der Waals surface area contributed by atoms with Gasteiger partial charge in [0.1, 0.15) is 0 Å². The van der Waals surface area contributed by atoms with Crippen LogP contribution in [0.15, 0.2) is 42.6 Å². The topological polar surface area (TPSA) is 65.5 Å². The number of rotatable bonds is 3. The van der Waals surface area contributed by atoms with Gasteiger partial charge in [-0.05, 0) is 30.3 Å². The van der Waals surface area contributed by atoms with Crippen molar-refractivity contribution in [2.24, 2.45) is 0 Å². The van der Waals surface area contributed by atoms with Gasteiger partial charge in [0.05, 0.1) is 37.5 Å². The zero-order valence-electron chi connectivity index (χ0n) is 15.2. The van der Waals surface area contributed by atoms with E-state index in [-0.39, 0.29) is 21.6 Å². The zero-order valence-corrected chi connectivity index (χ0v) is 17.5. The van der Waals surface area contributed by atoms with Gasteiger partial charge in [-0.1, -0.05) is 40.9 Å². The van der Waals surface area contributed by atoms with E-state index in [2.05, 4.69) is 10.3 Å². The maximum atomic E-state index is 12.8. The van der Waals surface area contributed by atoms with Crippen molar-refractivity contribution in [3.63, 3.8) is 0 Å². The first-order chi connectivity index (χ1) is 13.9. The number of aromatic nitrogens is 1. The standard InChI is InChI=1S/C20H15Cl3N4O2/c1-26-9-10-27(20(26)29)15-7-8-24-18-14(6-5-13(23)17(15)18)25-19(28)16-11(21)3-2-4-12(16)22/h2-8H,9-10H2,1H3,(H,25,28). The zero-order chi connectivity index (χ0) is 20.7. The smallest absolute Gasteiger partial charge is 0.324 e. The molecular formula is C20H15Cl3N4O2. The Labute approximate surface area is 182 Å². The van der Waals surface area contributed by atoms with E-state index < -0.39 is 5.91 Å². The summed E-state index contributed by atoms with van der Waals surface area (Å²) < 4.78 is 0. The first-order valence-electron chi connectivity index (χ1n) is 8.73. The van der Waals surface area contributed by atoms with Gasteiger partial charge in [-0.15, -0.1) is 0 Å². The molecule has 1 saturated heterocycles. The maximum Gasteiger partial charge on any atom is 0.324 e. The molecule has 0 unspecified atom stereocenters. The van der Waals surface area contributed by atoms with Crippen molar-refractivity contribution in [3.8, 4) is 0 Å². The van der Waals surface area contributed by atoms with E-state index in [1.54, 1.807) is 59.4 Å². The third-order valence-electron chi connectivity index (χ3n) is 4.76. The predicted octanol–water partition coefficient (Wildman–Crippen LogP) is 5.32. The molecule has 3 aromatic rings. The predicted molar refractivity (Wildman–Crippen MR) is 117 cm³/mol. The van der Waals surface area contributed by atoms with Crippen molar-refractivity contribution in [2.75, 3.05) is 30.4 Å². The van der Waals surface area contributed by atoms with Crippen molar-refractivity contribution in [1.82, 2.24) is 9.88 Å². The van der Waals surface area contributed by atoms with Gasteiger partial charge in [-0.3, -0.25) is 14.7 Å². The number of amides is 3. The Hall–Kier alpha value is -2.54. The number of carbonyl (C=O) groups excluding carboxylic acids is 2. The molecule has 1 fully saturated rings. The molecule has 3 amide bonds. The van der Waals surface area contributed by atoms with Gasteiger partial charge in [-0.25, -0.2) is 4.79 Å². The number of nitrogens with one attached hydrogen (secondary N) is 1. The van der Waals surface area contributed by atoms with Gasteiger partial charge < -0.3 is 10.2 Å². The highest BCUT2D eigenvalue weighted by Crippen LogP contribution is 2.37. The summed E-state index contributed by atoms with van der Waals surface area (Å²) in [6.07, 6.45) is 1.58. The molecule has 0 atom stereocenters. The first kappa shape index (κ1) is 19.8. The molecule has 2 aromatic carbocycles. The van der Waals surface area contributed by atoms with E-state index in [4.69, 9.17) is 34.8 Å². The molecule has 4 rings (SSSR count). The summed E-state index contributed by atoms with van der Waals surface area (Å²) in [5.74, 6) is -0.464. The molecule has 1 N–H and O–H groups in total. The van der Waals surface area contributed by atoms with Crippen LogP contribution >= 0.6 is 34.8 Å². The molecule has 0 spiro atoms. The second-order valence-electron chi connectivity index (χ2n) is 6.56. The number of likely N-dealkylation sites (N-methyl/N-ethyl adjacent to an activating group) is 1. The van der Waals surface area contributed by atoms with Crippen LogP contribution in [0, 0.1) is 0 Å². The van der Waals surface area contributed by atoms with Crippen molar-refractivity contribution in [3.05, 3.63) is 63.2 Å². The Balaban J connectivity index is 1.79. The Morgan fingerprint density at radius 3 is 2.41 bits per heavy atom.